The van der Waals surface area contributed by atoms with Crippen LogP contribution in [0.25, 0.3) is 0 Å². The van der Waals surface area contributed by atoms with Gasteiger partial charge in [-0.05, 0) is 67.8 Å². The summed E-state index contributed by atoms with van der Waals surface area (Å²) < 4.78 is 0. The highest BCUT2D eigenvalue weighted by Gasteiger charge is 2.51. The van der Waals surface area contributed by atoms with Crippen molar-refractivity contribution in [3.05, 3.63) is 71.3 Å². The monoisotopic (exact) mass is 405 g/mol. The summed E-state index contributed by atoms with van der Waals surface area (Å²) in [6.45, 7) is 4.99. The predicted octanol–water partition coefficient (Wildman–Crippen LogP) is 3.67. The minimum absolute atomic E-state index is 0.156. The molecule has 2 fully saturated rings. The topological polar surface area (TPSA) is 61.4 Å². The molecule has 1 atom stereocenters. The summed E-state index contributed by atoms with van der Waals surface area (Å²) in [5, 5.41) is 5.52. The average Bonchev–Trinajstić information content (AvgIpc) is 3.08. The van der Waals surface area contributed by atoms with Gasteiger partial charge in [-0.25, -0.2) is 4.79 Å². The van der Waals surface area contributed by atoms with E-state index in [2.05, 4.69) is 58.9 Å². The van der Waals surface area contributed by atoms with Crippen LogP contribution >= 0.6 is 0 Å². The van der Waals surface area contributed by atoms with Crippen LogP contribution in [0.15, 0.2) is 54.6 Å². The zero-order valence-electron chi connectivity index (χ0n) is 17.7. The molecule has 0 unspecified atom stereocenters. The number of likely N-dealkylation sites (tertiary alicyclic amines) is 1. The molecule has 0 radical (unpaired) electrons. The van der Waals surface area contributed by atoms with Crippen LogP contribution in [0.3, 0.4) is 0 Å². The molecule has 2 saturated heterocycles. The van der Waals surface area contributed by atoms with Gasteiger partial charge in [0.2, 0.25) is 0 Å². The Morgan fingerprint density at radius 1 is 0.933 bits per heavy atom. The summed E-state index contributed by atoms with van der Waals surface area (Å²) in [4.78, 5) is 27.3. The SMILES string of the molecule is CCc1ccc(CN2CCC([C@@]3(CCc4ccccc4)NC(=O)NC3=O)CC2)cc1. The maximum absolute atomic E-state index is 12.9. The van der Waals surface area contributed by atoms with Gasteiger partial charge in [-0.2, -0.15) is 0 Å². The number of hydrogen-bond acceptors (Lipinski definition) is 3. The number of nitrogens with zero attached hydrogens (tertiary/aromatic N) is 1. The lowest BCUT2D eigenvalue weighted by molar-refractivity contribution is -0.127. The molecule has 2 N–H and O–H groups in total. The van der Waals surface area contributed by atoms with E-state index in [4.69, 9.17) is 0 Å². The number of imide groups is 1. The van der Waals surface area contributed by atoms with Crippen LogP contribution in [0.2, 0.25) is 0 Å². The van der Waals surface area contributed by atoms with Crippen LogP contribution in [-0.4, -0.2) is 35.5 Å². The average molecular weight is 406 g/mol. The molecule has 2 aromatic rings. The third kappa shape index (κ3) is 4.41. The summed E-state index contributed by atoms with van der Waals surface area (Å²) in [6, 6.07) is 18.7. The Hall–Kier alpha value is -2.66. The molecule has 4 rings (SSSR count). The van der Waals surface area contributed by atoms with Crippen molar-refractivity contribution < 1.29 is 9.59 Å². The lowest BCUT2D eigenvalue weighted by Gasteiger charge is -2.40. The Balaban J connectivity index is 1.40. The van der Waals surface area contributed by atoms with Crippen LogP contribution < -0.4 is 10.6 Å². The largest absolute Gasteiger partial charge is 0.323 e. The summed E-state index contributed by atoms with van der Waals surface area (Å²) in [5.41, 5.74) is 3.10. The fraction of sp³-hybridized carbons (Fsp3) is 0.440. The summed E-state index contributed by atoms with van der Waals surface area (Å²) >= 11 is 0. The Kier molecular flexibility index (Phi) is 6.18. The Morgan fingerprint density at radius 2 is 1.60 bits per heavy atom. The molecule has 2 aliphatic rings. The van der Waals surface area contributed by atoms with E-state index in [-0.39, 0.29) is 17.9 Å². The van der Waals surface area contributed by atoms with Crippen molar-refractivity contribution in [2.75, 3.05) is 13.1 Å². The molecule has 158 valence electrons. The number of aryl methyl sites for hydroxylation is 2. The number of benzene rings is 2. The Morgan fingerprint density at radius 3 is 2.20 bits per heavy atom. The van der Waals surface area contributed by atoms with Gasteiger partial charge in [0.25, 0.3) is 5.91 Å². The lowest BCUT2D eigenvalue weighted by Crippen LogP contribution is -2.56. The number of piperidine rings is 1. The molecular formula is C25H31N3O2. The van der Waals surface area contributed by atoms with Gasteiger partial charge < -0.3 is 5.32 Å². The van der Waals surface area contributed by atoms with Crippen molar-refractivity contribution in [1.82, 2.24) is 15.5 Å². The van der Waals surface area contributed by atoms with Crippen molar-refractivity contribution in [3.8, 4) is 0 Å². The molecule has 0 saturated carbocycles. The molecule has 0 aromatic heterocycles. The van der Waals surface area contributed by atoms with Gasteiger partial charge in [0.1, 0.15) is 5.54 Å². The first-order valence-electron chi connectivity index (χ1n) is 11.1. The second-order valence-corrected chi connectivity index (χ2v) is 8.59. The van der Waals surface area contributed by atoms with Crippen LogP contribution in [0.4, 0.5) is 4.79 Å². The Labute approximate surface area is 178 Å². The maximum Gasteiger partial charge on any atom is 0.322 e. The van der Waals surface area contributed by atoms with Crippen LogP contribution in [-0.2, 0) is 24.2 Å². The second kappa shape index (κ2) is 9.00. The fourth-order valence-electron chi connectivity index (χ4n) is 4.88. The van der Waals surface area contributed by atoms with E-state index >= 15 is 0 Å². The van der Waals surface area contributed by atoms with Gasteiger partial charge in [-0.1, -0.05) is 61.5 Å². The molecule has 0 spiro atoms. The van der Waals surface area contributed by atoms with Crippen molar-refractivity contribution >= 4 is 11.9 Å². The van der Waals surface area contributed by atoms with E-state index in [1.165, 1.54) is 16.7 Å². The highest BCUT2D eigenvalue weighted by atomic mass is 16.2. The third-order valence-electron chi connectivity index (χ3n) is 6.74. The number of amides is 3. The maximum atomic E-state index is 12.9. The molecule has 3 amide bonds. The molecule has 2 heterocycles. The Bertz CT molecular complexity index is 873. The summed E-state index contributed by atoms with van der Waals surface area (Å²) in [7, 11) is 0. The van der Waals surface area contributed by atoms with Crippen molar-refractivity contribution in [1.29, 1.82) is 0 Å². The van der Waals surface area contributed by atoms with Crippen LogP contribution in [0.5, 0.6) is 0 Å². The van der Waals surface area contributed by atoms with E-state index in [1.807, 2.05) is 18.2 Å². The van der Waals surface area contributed by atoms with Gasteiger partial charge in [0.05, 0.1) is 0 Å². The zero-order valence-corrected chi connectivity index (χ0v) is 17.7. The normalized spacial score (nSPS) is 22.7. The third-order valence-corrected chi connectivity index (χ3v) is 6.74. The molecule has 5 heteroatoms. The van der Waals surface area contributed by atoms with Gasteiger partial charge in [-0.15, -0.1) is 0 Å². The molecule has 0 aliphatic carbocycles. The van der Waals surface area contributed by atoms with Gasteiger partial charge in [0.15, 0.2) is 0 Å². The molecular weight excluding hydrogens is 374 g/mol. The first kappa shape index (κ1) is 20.6. The van der Waals surface area contributed by atoms with Gasteiger partial charge in [-0.3, -0.25) is 15.0 Å². The quantitative estimate of drug-likeness (QED) is 0.691. The van der Waals surface area contributed by atoms with E-state index < -0.39 is 5.54 Å². The molecule has 2 aliphatic heterocycles. The highest BCUT2D eigenvalue weighted by molar-refractivity contribution is 6.07. The smallest absolute Gasteiger partial charge is 0.322 e. The van der Waals surface area contributed by atoms with Crippen LogP contribution in [0.1, 0.15) is 42.9 Å². The molecule has 30 heavy (non-hydrogen) atoms. The van der Waals surface area contributed by atoms with Crippen LogP contribution in [0, 0.1) is 5.92 Å². The number of rotatable bonds is 7. The predicted molar refractivity (Wildman–Crippen MR) is 118 cm³/mol. The minimum atomic E-state index is -0.790. The van der Waals surface area contributed by atoms with Crippen molar-refractivity contribution in [2.45, 2.75) is 51.1 Å². The van der Waals surface area contributed by atoms with Gasteiger partial charge >= 0.3 is 6.03 Å². The number of carbonyl (C=O) groups is 2. The zero-order chi connectivity index (χ0) is 21.0. The van der Waals surface area contributed by atoms with E-state index in [0.717, 1.165) is 45.3 Å². The number of urea groups is 1. The first-order chi connectivity index (χ1) is 14.6. The number of hydrogen-bond donors (Lipinski definition) is 2. The highest BCUT2D eigenvalue weighted by Crippen LogP contribution is 2.35. The van der Waals surface area contributed by atoms with E-state index in [0.29, 0.717) is 6.42 Å². The molecule has 0 bridgehead atoms. The second-order valence-electron chi connectivity index (χ2n) is 8.59. The number of nitrogens with one attached hydrogen (secondary N) is 2. The van der Waals surface area contributed by atoms with Crippen molar-refractivity contribution in [3.63, 3.8) is 0 Å². The van der Waals surface area contributed by atoms with E-state index in [9.17, 15) is 9.59 Å². The standard InChI is InChI=1S/C25H31N3O2/c1-2-19-8-10-21(11-9-19)18-28-16-13-22(14-17-28)25(23(29)26-24(30)27-25)15-12-20-6-4-3-5-7-20/h3-11,22H,2,12-18H2,1H3,(H2,26,27,29,30)/t25-/m1/s1. The van der Waals surface area contributed by atoms with E-state index in [1.54, 1.807) is 0 Å². The molecule has 2 aromatic carbocycles. The number of carbonyl (C=O) groups excluding carboxylic acids is 2. The minimum Gasteiger partial charge on any atom is -0.323 e. The molecule has 5 nitrogen and oxygen atoms in total. The first-order valence-corrected chi connectivity index (χ1v) is 11.1. The van der Waals surface area contributed by atoms with Crippen molar-refractivity contribution in [2.24, 2.45) is 5.92 Å². The van der Waals surface area contributed by atoms with Gasteiger partial charge in [0, 0.05) is 6.54 Å². The lowest BCUT2D eigenvalue weighted by atomic mass is 9.74. The summed E-state index contributed by atoms with van der Waals surface area (Å²) in [6.07, 6.45) is 4.30. The fourth-order valence-corrected chi connectivity index (χ4v) is 4.88. The summed E-state index contributed by atoms with van der Waals surface area (Å²) in [5.74, 6) is 0.00316.